The molecule has 1 saturated heterocycles. The first-order valence-corrected chi connectivity index (χ1v) is 3.56. The van der Waals surface area contributed by atoms with Gasteiger partial charge in [0.15, 0.2) is 0 Å². The Morgan fingerprint density at radius 2 is 2.45 bits per heavy atom. The third-order valence-corrected chi connectivity index (χ3v) is 1.76. The molecule has 0 saturated carbocycles. The molecule has 11 heavy (non-hydrogen) atoms. The van der Waals surface area contributed by atoms with E-state index in [1.165, 1.54) is 6.42 Å². The molecular formula is C7H11ClN2O. The number of aromatic nitrogens is 2. The normalized spacial score (nSPS) is 23.1. The molecule has 1 aromatic rings. The topological polar surface area (TPSA) is 27.1 Å². The minimum atomic E-state index is 0. The van der Waals surface area contributed by atoms with Gasteiger partial charge in [0, 0.05) is 19.0 Å². The van der Waals surface area contributed by atoms with E-state index in [1.54, 1.807) is 12.5 Å². The Morgan fingerprint density at radius 1 is 1.55 bits per heavy atom. The van der Waals surface area contributed by atoms with E-state index in [0.29, 0.717) is 0 Å². The minimum absolute atomic E-state index is 0. The van der Waals surface area contributed by atoms with Gasteiger partial charge in [-0.25, -0.2) is 4.98 Å². The van der Waals surface area contributed by atoms with Gasteiger partial charge in [-0.3, -0.25) is 0 Å². The van der Waals surface area contributed by atoms with Crippen molar-refractivity contribution in [2.24, 2.45) is 0 Å². The fraction of sp³-hybridized carbons (Fsp3) is 0.571. The lowest BCUT2D eigenvalue weighted by Crippen LogP contribution is -2.03. The molecule has 3 nitrogen and oxygen atoms in total. The van der Waals surface area contributed by atoms with E-state index in [4.69, 9.17) is 4.74 Å². The molecule has 1 aliphatic rings. The molecule has 1 atom stereocenters. The quantitative estimate of drug-likeness (QED) is 0.647. The number of imidazole rings is 1. The highest BCUT2D eigenvalue weighted by molar-refractivity contribution is 5.85. The van der Waals surface area contributed by atoms with Crippen molar-refractivity contribution in [1.82, 2.24) is 9.55 Å². The molecule has 0 N–H and O–H groups in total. The fourth-order valence-electron chi connectivity index (χ4n) is 1.24. The van der Waals surface area contributed by atoms with Crippen LogP contribution >= 0.6 is 12.4 Å². The molecule has 4 heteroatoms. The molecule has 1 aliphatic heterocycles. The molecule has 0 radical (unpaired) electrons. The predicted molar refractivity (Wildman–Crippen MR) is 43.7 cm³/mol. The molecule has 2 heterocycles. The maximum absolute atomic E-state index is 5.42. The molecule has 62 valence electrons. The molecule has 0 aliphatic carbocycles. The summed E-state index contributed by atoms with van der Waals surface area (Å²) in [4.78, 5) is 3.95. The highest BCUT2D eigenvalue weighted by Gasteiger charge is 2.15. The van der Waals surface area contributed by atoms with E-state index in [9.17, 15) is 0 Å². The number of hydrogen-bond donors (Lipinski definition) is 0. The zero-order chi connectivity index (χ0) is 6.81. The zero-order valence-electron chi connectivity index (χ0n) is 6.14. The van der Waals surface area contributed by atoms with E-state index in [0.717, 1.165) is 13.0 Å². The number of hydrogen-bond acceptors (Lipinski definition) is 2. The molecular weight excluding hydrogens is 164 g/mol. The number of rotatable bonds is 1. The Bertz CT molecular complexity index is 194. The van der Waals surface area contributed by atoms with E-state index in [1.807, 2.05) is 10.8 Å². The van der Waals surface area contributed by atoms with Gasteiger partial charge in [0.05, 0.1) is 6.33 Å². The average Bonchev–Trinajstić information content (AvgIpc) is 2.59. The van der Waals surface area contributed by atoms with Gasteiger partial charge in [-0.05, 0) is 12.8 Å². The molecule has 1 unspecified atom stereocenters. The van der Waals surface area contributed by atoms with Crippen molar-refractivity contribution < 1.29 is 4.74 Å². The van der Waals surface area contributed by atoms with Crippen molar-refractivity contribution in [1.29, 1.82) is 0 Å². The lowest BCUT2D eigenvalue weighted by molar-refractivity contribution is 0.0565. The molecule has 0 aromatic carbocycles. The molecule has 0 amide bonds. The van der Waals surface area contributed by atoms with E-state index < -0.39 is 0 Å². The lowest BCUT2D eigenvalue weighted by Gasteiger charge is -2.08. The summed E-state index contributed by atoms with van der Waals surface area (Å²) in [6.45, 7) is 0.892. The first-order valence-electron chi connectivity index (χ1n) is 3.56. The summed E-state index contributed by atoms with van der Waals surface area (Å²) in [5.74, 6) is 0. The number of halogens is 1. The monoisotopic (exact) mass is 174 g/mol. The van der Waals surface area contributed by atoms with Gasteiger partial charge in [0.1, 0.15) is 6.23 Å². The molecule has 0 spiro atoms. The van der Waals surface area contributed by atoms with Crippen molar-refractivity contribution in [3.63, 3.8) is 0 Å². The summed E-state index contributed by atoms with van der Waals surface area (Å²) >= 11 is 0. The second-order valence-corrected chi connectivity index (χ2v) is 2.48. The summed E-state index contributed by atoms with van der Waals surface area (Å²) < 4.78 is 7.43. The van der Waals surface area contributed by atoms with E-state index in [2.05, 4.69) is 4.98 Å². The number of ether oxygens (including phenoxy) is 1. The molecule has 1 fully saturated rings. The standard InChI is InChI=1S/C7H10N2O.ClH/c1-2-7(10-5-1)9-4-3-8-6-9;/h3-4,6-7H,1-2,5H2;1H. The summed E-state index contributed by atoms with van der Waals surface area (Å²) in [5, 5.41) is 0. The molecule has 2 rings (SSSR count). The van der Waals surface area contributed by atoms with Crippen LogP contribution in [0.1, 0.15) is 19.1 Å². The fourth-order valence-corrected chi connectivity index (χ4v) is 1.24. The second-order valence-electron chi connectivity index (χ2n) is 2.48. The van der Waals surface area contributed by atoms with Gasteiger partial charge in [0.25, 0.3) is 0 Å². The molecule has 0 bridgehead atoms. The van der Waals surface area contributed by atoms with Crippen molar-refractivity contribution in [2.45, 2.75) is 19.1 Å². The van der Waals surface area contributed by atoms with Crippen molar-refractivity contribution >= 4 is 12.4 Å². The van der Waals surface area contributed by atoms with Crippen LogP contribution in [0.4, 0.5) is 0 Å². The maximum atomic E-state index is 5.42. The van der Waals surface area contributed by atoms with E-state index >= 15 is 0 Å². The Hall–Kier alpha value is -0.540. The van der Waals surface area contributed by atoms with Gasteiger partial charge in [0.2, 0.25) is 0 Å². The van der Waals surface area contributed by atoms with Crippen LogP contribution in [-0.4, -0.2) is 16.2 Å². The van der Waals surface area contributed by atoms with Gasteiger partial charge < -0.3 is 9.30 Å². The largest absolute Gasteiger partial charge is 0.358 e. The Labute approximate surface area is 71.8 Å². The Balaban J connectivity index is 0.000000605. The summed E-state index contributed by atoms with van der Waals surface area (Å²) in [6.07, 6.45) is 8.06. The maximum Gasteiger partial charge on any atom is 0.134 e. The van der Waals surface area contributed by atoms with Crippen LogP contribution in [0.3, 0.4) is 0 Å². The van der Waals surface area contributed by atoms with Crippen LogP contribution in [0.5, 0.6) is 0 Å². The van der Waals surface area contributed by atoms with Crippen LogP contribution < -0.4 is 0 Å². The highest BCUT2D eigenvalue weighted by Crippen LogP contribution is 2.21. The SMILES string of the molecule is Cl.c1cn(C2CCCO2)cn1. The summed E-state index contributed by atoms with van der Waals surface area (Å²) in [6, 6.07) is 0. The smallest absolute Gasteiger partial charge is 0.134 e. The summed E-state index contributed by atoms with van der Waals surface area (Å²) in [5.41, 5.74) is 0. The molecule has 1 aromatic heterocycles. The third kappa shape index (κ3) is 1.73. The summed E-state index contributed by atoms with van der Waals surface area (Å²) in [7, 11) is 0. The van der Waals surface area contributed by atoms with Crippen LogP contribution in [0.25, 0.3) is 0 Å². The Morgan fingerprint density at radius 3 is 3.00 bits per heavy atom. The minimum Gasteiger partial charge on any atom is -0.358 e. The van der Waals surface area contributed by atoms with Crippen LogP contribution in [-0.2, 0) is 4.74 Å². The average molecular weight is 175 g/mol. The third-order valence-electron chi connectivity index (χ3n) is 1.76. The first kappa shape index (κ1) is 8.56. The zero-order valence-corrected chi connectivity index (χ0v) is 6.96. The highest BCUT2D eigenvalue weighted by atomic mass is 35.5. The van der Waals surface area contributed by atoms with Gasteiger partial charge in [-0.15, -0.1) is 12.4 Å². The Kier molecular flexibility index (Phi) is 2.91. The van der Waals surface area contributed by atoms with Gasteiger partial charge in [-0.2, -0.15) is 0 Å². The van der Waals surface area contributed by atoms with Crippen molar-refractivity contribution in [2.75, 3.05) is 6.61 Å². The van der Waals surface area contributed by atoms with Crippen molar-refractivity contribution in [3.05, 3.63) is 18.7 Å². The van der Waals surface area contributed by atoms with Crippen LogP contribution in [0, 0.1) is 0 Å². The van der Waals surface area contributed by atoms with Crippen LogP contribution in [0.15, 0.2) is 18.7 Å². The predicted octanol–water partition coefficient (Wildman–Crippen LogP) is 1.61. The second kappa shape index (κ2) is 3.74. The van der Waals surface area contributed by atoms with Gasteiger partial charge >= 0.3 is 0 Å². The van der Waals surface area contributed by atoms with Gasteiger partial charge in [-0.1, -0.05) is 0 Å². The number of nitrogens with zero attached hydrogens (tertiary/aromatic N) is 2. The lowest BCUT2D eigenvalue weighted by atomic mass is 10.3. The van der Waals surface area contributed by atoms with Crippen molar-refractivity contribution in [3.8, 4) is 0 Å². The van der Waals surface area contributed by atoms with Crippen LogP contribution in [0.2, 0.25) is 0 Å². The first-order chi connectivity index (χ1) is 4.97. The van der Waals surface area contributed by atoms with E-state index in [-0.39, 0.29) is 18.6 Å².